The highest BCUT2D eigenvalue weighted by Crippen LogP contribution is 2.72. The summed E-state index contributed by atoms with van der Waals surface area (Å²) in [6.07, 6.45) is 24.0. The molecule has 292 valence electrons. The van der Waals surface area contributed by atoms with Crippen LogP contribution in [0.3, 0.4) is 0 Å². The number of hydrogen-bond donors (Lipinski definition) is 4. The Morgan fingerprint density at radius 3 is 2.25 bits per heavy atom. The van der Waals surface area contributed by atoms with Crippen molar-refractivity contribution in [2.24, 2.45) is 69.5 Å². The molecule has 13 atom stereocenters. The molecule has 10 rings (SSSR count). The number of aliphatic hydroxyl groups is 4. The molecular formula is C48H70O5. The zero-order valence-corrected chi connectivity index (χ0v) is 33.3. The van der Waals surface area contributed by atoms with Crippen LogP contribution in [0.25, 0.3) is 0 Å². The Morgan fingerprint density at radius 2 is 1.49 bits per heavy atom. The van der Waals surface area contributed by atoms with Crippen molar-refractivity contribution in [3.05, 3.63) is 33.9 Å². The summed E-state index contributed by atoms with van der Waals surface area (Å²) in [7, 11) is 0. The van der Waals surface area contributed by atoms with Crippen molar-refractivity contribution >= 4 is 5.78 Å². The van der Waals surface area contributed by atoms with Crippen LogP contribution in [-0.2, 0) is 4.79 Å². The van der Waals surface area contributed by atoms with Crippen molar-refractivity contribution in [2.75, 3.05) is 0 Å². The van der Waals surface area contributed by atoms with Crippen LogP contribution in [0.4, 0.5) is 0 Å². The number of aliphatic hydroxyl groups excluding tert-OH is 3. The first-order valence-electron chi connectivity index (χ1n) is 22.9. The SMILES string of the molecule is CC(C)C1=C2CCCC3(CCCC3)C2C2=C3C(CCC2)CC(C2CCC4(O)C5=CC(=O)C6CC(O)C(O)CC6(C6CCCCC6)C5CCC24C)C(O)C13. The molecule has 0 aromatic heterocycles. The van der Waals surface area contributed by atoms with Crippen molar-refractivity contribution < 1.29 is 25.2 Å². The van der Waals surface area contributed by atoms with E-state index in [4.69, 9.17) is 0 Å². The standard InChI is InChI=1S/C48H70O5/c1-27(2)40-30-15-10-20-46(18-7-8-19-46)43(30)31-14-9-11-28-23-32(44(52)42(40)41(28)31)33-17-22-48(53)35-24-37(49)36-25-38(50)39(51)26-47(36,29-12-5-4-6-13-29)34(35)16-21-45(33,48)3/h24,27-29,32-34,36,38-39,42-44,50-53H,4-23,25-26H2,1-3H3. The average molecular weight is 727 g/mol. The Hall–Kier alpha value is -1.27. The van der Waals surface area contributed by atoms with E-state index in [-0.39, 0.29) is 40.8 Å². The third-order valence-corrected chi connectivity index (χ3v) is 19.5. The first kappa shape index (κ1) is 36.1. The molecule has 5 heteroatoms. The van der Waals surface area contributed by atoms with Crippen molar-refractivity contribution in [2.45, 2.75) is 186 Å². The van der Waals surface area contributed by atoms with Crippen LogP contribution in [0, 0.1) is 69.5 Å². The fraction of sp³-hybridized carbons (Fsp3) is 0.854. The highest BCUT2D eigenvalue weighted by molar-refractivity contribution is 5.95. The maximum atomic E-state index is 14.4. The van der Waals surface area contributed by atoms with Crippen LogP contribution >= 0.6 is 0 Å². The Bertz CT molecular complexity index is 1590. The maximum absolute atomic E-state index is 14.4. The largest absolute Gasteiger partial charge is 0.392 e. The first-order chi connectivity index (χ1) is 25.4. The van der Waals surface area contributed by atoms with Gasteiger partial charge in [0.05, 0.1) is 23.9 Å². The van der Waals surface area contributed by atoms with E-state index in [1.165, 1.54) is 70.6 Å². The molecule has 0 radical (unpaired) electrons. The lowest BCUT2D eigenvalue weighted by molar-refractivity contribution is -0.174. The summed E-state index contributed by atoms with van der Waals surface area (Å²) in [5, 5.41) is 48.7. The van der Waals surface area contributed by atoms with E-state index in [9.17, 15) is 25.2 Å². The van der Waals surface area contributed by atoms with E-state index in [0.29, 0.717) is 48.3 Å². The molecule has 4 N–H and O–H groups in total. The molecule has 13 unspecified atom stereocenters. The van der Waals surface area contributed by atoms with E-state index in [2.05, 4.69) is 20.8 Å². The summed E-state index contributed by atoms with van der Waals surface area (Å²) in [6, 6.07) is 0. The van der Waals surface area contributed by atoms with Crippen LogP contribution in [-0.4, -0.2) is 50.1 Å². The molecule has 0 aliphatic heterocycles. The Morgan fingerprint density at radius 1 is 0.755 bits per heavy atom. The summed E-state index contributed by atoms with van der Waals surface area (Å²) in [5.74, 6) is 2.34. The number of hydrogen-bond acceptors (Lipinski definition) is 5. The Kier molecular flexibility index (Phi) is 8.59. The zero-order valence-electron chi connectivity index (χ0n) is 33.3. The van der Waals surface area contributed by atoms with E-state index in [1.54, 1.807) is 22.3 Å². The van der Waals surface area contributed by atoms with Crippen molar-refractivity contribution in [1.82, 2.24) is 0 Å². The smallest absolute Gasteiger partial charge is 0.159 e. The van der Waals surface area contributed by atoms with Gasteiger partial charge >= 0.3 is 0 Å². The Labute approximate surface area is 319 Å². The number of allylic oxidation sites excluding steroid dienone is 3. The lowest BCUT2D eigenvalue weighted by Gasteiger charge is -2.64. The van der Waals surface area contributed by atoms with Gasteiger partial charge in [-0.1, -0.05) is 75.2 Å². The molecular weight excluding hydrogens is 657 g/mol. The maximum Gasteiger partial charge on any atom is 0.159 e. The van der Waals surface area contributed by atoms with E-state index in [0.717, 1.165) is 56.9 Å². The number of carbonyl (C=O) groups excluding carboxylic acids is 1. The van der Waals surface area contributed by atoms with Gasteiger partial charge in [-0.05, 0) is 167 Å². The summed E-state index contributed by atoms with van der Waals surface area (Å²) in [4.78, 5) is 14.4. The number of carbonyl (C=O) groups is 1. The van der Waals surface area contributed by atoms with E-state index in [1.807, 2.05) is 6.08 Å². The van der Waals surface area contributed by atoms with Gasteiger partial charge in [-0.25, -0.2) is 0 Å². The van der Waals surface area contributed by atoms with Gasteiger partial charge in [-0.2, -0.15) is 0 Å². The summed E-state index contributed by atoms with van der Waals surface area (Å²) < 4.78 is 0. The van der Waals surface area contributed by atoms with Gasteiger partial charge < -0.3 is 20.4 Å². The fourth-order valence-electron chi connectivity index (χ4n) is 17.6. The van der Waals surface area contributed by atoms with E-state index < -0.39 is 29.3 Å². The zero-order chi connectivity index (χ0) is 36.7. The minimum atomic E-state index is -1.08. The highest BCUT2D eigenvalue weighted by Gasteiger charge is 2.70. The van der Waals surface area contributed by atoms with Crippen molar-refractivity contribution in [1.29, 1.82) is 0 Å². The van der Waals surface area contributed by atoms with Crippen molar-refractivity contribution in [3.8, 4) is 0 Å². The second-order valence-electron chi connectivity index (χ2n) is 21.5. The molecule has 10 aliphatic rings. The van der Waals surface area contributed by atoms with Gasteiger partial charge in [-0.15, -0.1) is 0 Å². The molecule has 1 spiro atoms. The van der Waals surface area contributed by atoms with Crippen LogP contribution in [0.5, 0.6) is 0 Å². The second kappa shape index (κ2) is 12.6. The predicted molar refractivity (Wildman–Crippen MR) is 207 cm³/mol. The van der Waals surface area contributed by atoms with Crippen LogP contribution in [0.1, 0.15) is 162 Å². The molecule has 0 aromatic rings. The number of rotatable bonds is 3. The van der Waals surface area contributed by atoms with Crippen LogP contribution in [0.15, 0.2) is 33.9 Å². The lowest BCUT2D eigenvalue weighted by Crippen LogP contribution is -2.64. The van der Waals surface area contributed by atoms with Gasteiger partial charge in [0.15, 0.2) is 5.78 Å². The van der Waals surface area contributed by atoms with Crippen LogP contribution < -0.4 is 0 Å². The summed E-state index contributed by atoms with van der Waals surface area (Å²) in [6.45, 7) is 7.17. The molecule has 0 amide bonds. The molecule has 0 aromatic carbocycles. The van der Waals surface area contributed by atoms with Gasteiger partial charge in [0.25, 0.3) is 0 Å². The molecule has 0 heterocycles. The second-order valence-corrected chi connectivity index (χ2v) is 21.5. The quantitative estimate of drug-likeness (QED) is 0.218. The molecule has 0 bridgehead atoms. The van der Waals surface area contributed by atoms with Gasteiger partial charge in [0.2, 0.25) is 0 Å². The fourth-order valence-corrected chi connectivity index (χ4v) is 17.6. The number of fused-ring (bicyclic) bond motifs is 8. The number of ketones is 1. The van der Waals surface area contributed by atoms with Gasteiger partial charge in [0.1, 0.15) is 0 Å². The lowest BCUT2D eigenvalue weighted by atomic mass is 9.41. The van der Waals surface area contributed by atoms with Gasteiger partial charge in [-0.3, -0.25) is 4.79 Å². The van der Waals surface area contributed by atoms with Gasteiger partial charge in [0, 0.05) is 23.2 Å². The van der Waals surface area contributed by atoms with Crippen LogP contribution in [0.2, 0.25) is 0 Å². The molecule has 5 nitrogen and oxygen atoms in total. The third kappa shape index (κ3) is 4.78. The normalized spacial score (nSPS) is 49.4. The summed E-state index contributed by atoms with van der Waals surface area (Å²) >= 11 is 0. The first-order valence-corrected chi connectivity index (χ1v) is 22.9. The molecule has 7 fully saturated rings. The van der Waals surface area contributed by atoms with E-state index >= 15 is 0 Å². The molecule has 53 heavy (non-hydrogen) atoms. The average Bonchev–Trinajstić information content (AvgIpc) is 3.72. The third-order valence-electron chi connectivity index (χ3n) is 19.5. The predicted octanol–water partition coefficient (Wildman–Crippen LogP) is 9.17. The minimum Gasteiger partial charge on any atom is -0.392 e. The minimum absolute atomic E-state index is 0.0701. The monoisotopic (exact) mass is 727 g/mol. The summed E-state index contributed by atoms with van der Waals surface area (Å²) in [5.41, 5.74) is 6.41. The topological polar surface area (TPSA) is 98.0 Å². The Balaban J connectivity index is 1.03. The van der Waals surface area contributed by atoms with Crippen molar-refractivity contribution in [3.63, 3.8) is 0 Å². The molecule has 10 aliphatic carbocycles. The molecule has 0 saturated heterocycles. The highest BCUT2D eigenvalue weighted by atomic mass is 16.3. The molecule has 7 saturated carbocycles.